The fourth-order valence-corrected chi connectivity index (χ4v) is 1.22. The van der Waals surface area contributed by atoms with Gasteiger partial charge in [-0.3, -0.25) is 9.78 Å². The van der Waals surface area contributed by atoms with Gasteiger partial charge in [0.1, 0.15) is 0 Å². The van der Waals surface area contributed by atoms with Gasteiger partial charge in [-0.05, 0) is 31.5 Å². The van der Waals surface area contributed by atoms with Gasteiger partial charge < -0.3 is 10.1 Å². The van der Waals surface area contributed by atoms with E-state index in [1.807, 2.05) is 19.1 Å². The Balaban J connectivity index is 2.37. The molecule has 1 heterocycles. The minimum Gasteiger partial charge on any atom is -0.465 e. The highest BCUT2D eigenvalue weighted by molar-refractivity contribution is 5.71. The highest BCUT2D eigenvalue weighted by Gasteiger charge is 2.07. The molecule has 0 amide bonds. The van der Waals surface area contributed by atoms with E-state index >= 15 is 0 Å². The molecule has 15 heavy (non-hydrogen) atoms. The van der Waals surface area contributed by atoms with Crippen LogP contribution in [0.4, 0.5) is 0 Å². The van der Waals surface area contributed by atoms with E-state index in [0.717, 1.165) is 5.56 Å². The Morgan fingerprint density at radius 1 is 1.53 bits per heavy atom. The number of hydrogen-bond donors (Lipinski definition) is 1. The van der Waals surface area contributed by atoms with Crippen LogP contribution in [0.5, 0.6) is 0 Å². The molecule has 1 aromatic rings. The number of carbonyl (C=O) groups is 1. The zero-order valence-corrected chi connectivity index (χ0v) is 9.06. The maximum atomic E-state index is 11.1. The Hall–Kier alpha value is -1.42. The monoisotopic (exact) mass is 208 g/mol. The fraction of sp³-hybridized carbons (Fsp3) is 0.455. The first kappa shape index (κ1) is 11.7. The summed E-state index contributed by atoms with van der Waals surface area (Å²) in [7, 11) is 0. The molecular weight excluding hydrogens is 192 g/mol. The van der Waals surface area contributed by atoms with Gasteiger partial charge in [0.15, 0.2) is 0 Å². The lowest BCUT2D eigenvalue weighted by molar-refractivity contribution is -0.142. The summed E-state index contributed by atoms with van der Waals surface area (Å²) in [6, 6.07) is 3.96. The molecule has 1 aromatic heterocycles. The summed E-state index contributed by atoms with van der Waals surface area (Å²) in [5.74, 6) is -0.224. The van der Waals surface area contributed by atoms with Gasteiger partial charge in [0.2, 0.25) is 0 Å². The van der Waals surface area contributed by atoms with Crippen LogP contribution in [0.15, 0.2) is 24.5 Å². The molecule has 82 valence electrons. The SMILES string of the molecule is CCOC(=O)CNC(C)c1ccncc1. The second-order valence-electron chi connectivity index (χ2n) is 3.19. The van der Waals surface area contributed by atoms with E-state index < -0.39 is 0 Å². The van der Waals surface area contributed by atoms with Gasteiger partial charge in [0, 0.05) is 18.4 Å². The second kappa shape index (κ2) is 6.14. The van der Waals surface area contributed by atoms with Gasteiger partial charge in [-0.15, -0.1) is 0 Å². The summed E-state index contributed by atoms with van der Waals surface area (Å²) in [6.07, 6.45) is 3.47. The molecule has 0 radical (unpaired) electrons. The third-order valence-electron chi connectivity index (χ3n) is 2.06. The smallest absolute Gasteiger partial charge is 0.319 e. The molecule has 0 spiro atoms. The van der Waals surface area contributed by atoms with Crippen molar-refractivity contribution in [2.45, 2.75) is 19.9 Å². The Morgan fingerprint density at radius 3 is 2.80 bits per heavy atom. The van der Waals surface area contributed by atoms with Crippen LogP contribution in [0.25, 0.3) is 0 Å². The predicted octanol–water partition coefficient (Wildman–Crippen LogP) is 1.30. The molecule has 0 aliphatic rings. The van der Waals surface area contributed by atoms with Gasteiger partial charge in [-0.2, -0.15) is 0 Å². The molecule has 4 heteroatoms. The Labute approximate surface area is 89.7 Å². The minimum atomic E-state index is -0.224. The maximum Gasteiger partial charge on any atom is 0.319 e. The van der Waals surface area contributed by atoms with E-state index in [9.17, 15) is 4.79 Å². The van der Waals surface area contributed by atoms with Crippen LogP contribution in [0.1, 0.15) is 25.5 Å². The number of nitrogens with one attached hydrogen (secondary N) is 1. The van der Waals surface area contributed by atoms with Crippen LogP contribution < -0.4 is 5.32 Å². The summed E-state index contributed by atoms with van der Waals surface area (Å²) < 4.78 is 4.81. The van der Waals surface area contributed by atoms with Crippen LogP contribution in [0.3, 0.4) is 0 Å². The topological polar surface area (TPSA) is 51.2 Å². The molecular formula is C11H16N2O2. The van der Waals surface area contributed by atoms with Crippen LogP contribution >= 0.6 is 0 Å². The molecule has 0 fully saturated rings. The average Bonchev–Trinajstić information content (AvgIpc) is 2.27. The van der Waals surface area contributed by atoms with Crippen molar-refractivity contribution in [1.82, 2.24) is 10.3 Å². The van der Waals surface area contributed by atoms with Crippen LogP contribution in [0.2, 0.25) is 0 Å². The van der Waals surface area contributed by atoms with Gasteiger partial charge in [0.05, 0.1) is 13.2 Å². The molecule has 1 rings (SSSR count). The van der Waals surface area contributed by atoms with Gasteiger partial charge >= 0.3 is 5.97 Å². The summed E-state index contributed by atoms with van der Waals surface area (Å²) >= 11 is 0. The highest BCUT2D eigenvalue weighted by atomic mass is 16.5. The average molecular weight is 208 g/mol. The molecule has 0 bridgehead atoms. The van der Waals surface area contributed by atoms with Crippen molar-refractivity contribution in [3.8, 4) is 0 Å². The lowest BCUT2D eigenvalue weighted by Gasteiger charge is -2.12. The summed E-state index contributed by atoms with van der Waals surface area (Å²) in [5, 5.41) is 3.08. The summed E-state index contributed by atoms with van der Waals surface area (Å²) in [5.41, 5.74) is 1.11. The lowest BCUT2D eigenvalue weighted by atomic mass is 10.1. The molecule has 0 aliphatic carbocycles. The molecule has 1 unspecified atom stereocenters. The fourth-order valence-electron chi connectivity index (χ4n) is 1.22. The number of nitrogens with zero attached hydrogens (tertiary/aromatic N) is 1. The number of ether oxygens (including phenoxy) is 1. The lowest BCUT2D eigenvalue weighted by Crippen LogP contribution is -2.27. The van der Waals surface area contributed by atoms with E-state index in [-0.39, 0.29) is 18.6 Å². The number of pyridine rings is 1. The van der Waals surface area contributed by atoms with E-state index in [1.54, 1.807) is 19.3 Å². The quantitative estimate of drug-likeness (QED) is 0.741. The van der Waals surface area contributed by atoms with Crippen molar-refractivity contribution in [1.29, 1.82) is 0 Å². The third-order valence-corrected chi connectivity index (χ3v) is 2.06. The van der Waals surface area contributed by atoms with Crippen LogP contribution in [-0.2, 0) is 9.53 Å². The molecule has 1 atom stereocenters. The van der Waals surface area contributed by atoms with Gasteiger partial charge in [-0.1, -0.05) is 0 Å². The molecule has 4 nitrogen and oxygen atoms in total. The van der Waals surface area contributed by atoms with Crippen molar-refractivity contribution in [2.75, 3.05) is 13.2 Å². The Bertz CT molecular complexity index is 301. The first-order valence-corrected chi connectivity index (χ1v) is 5.03. The number of carbonyl (C=O) groups excluding carboxylic acids is 1. The molecule has 0 aromatic carbocycles. The molecule has 0 aliphatic heterocycles. The van der Waals surface area contributed by atoms with E-state index in [2.05, 4.69) is 10.3 Å². The Morgan fingerprint density at radius 2 is 2.20 bits per heavy atom. The van der Waals surface area contributed by atoms with Crippen molar-refractivity contribution in [2.24, 2.45) is 0 Å². The van der Waals surface area contributed by atoms with E-state index in [0.29, 0.717) is 6.61 Å². The highest BCUT2D eigenvalue weighted by Crippen LogP contribution is 2.09. The summed E-state index contributed by atoms with van der Waals surface area (Å²) in [4.78, 5) is 15.0. The van der Waals surface area contributed by atoms with Crippen molar-refractivity contribution in [3.63, 3.8) is 0 Å². The molecule has 0 saturated carbocycles. The zero-order chi connectivity index (χ0) is 11.1. The van der Waals surface area contributed by atoms with Crippen LogP contribution in [0, 0.1) is 0 Å². The largest absolute Gasteiger partial charge is 0.465 e. The van der Waals surface area contributed by atoms with Gasteiger partial charge in [-0.25, -0.2) is 0 Å². The number of rotatable bonds is 5. The first-order valence-electron chi connectivity index (χ1n) is 5.03. The maximum absolute atomic E-state index is 11.1. The molecule has 0 saturated heterocycles. The standard InChI is InChI=1S/C11H16N2O2/c1-3-15-11(14)8-13-9(2)10-4-6-12-7-5-10/h4-7,9,13H,3,8H2,1-2H3. The summed E-state index contributed by atoms with van der Waals surface area (Å²) in [6.45, 7) is 4.44. The number of esters is 1. The van der Waals surface area contributed by atoms with Crippen molar-refractivity contribution in [3.05, 3.63) is 30.1 Å². The van der Waals surface area contributed by atoms with E-state index in [1.165, 1.54) is 0 Å². The van der Waals surface area contributed by atoms with Crippen LogP contribution in [-0.4, -0.2) is 24.1 Å². The predicted molar refractivity (Wildman–Crippen MR) is 57.3 cm³/mol. The Kier molecular flexibility index (Phi) is 4.77. The van der Waals surface area contributed by atoms with E-state index in [4.69, 9.17) is 4.74 Å². The molecule has 1 N–H and O–H groups in total. The van der Waals surface area contributed by atoms with Crippen molar-refractivity contribution >= 4 is 5.97 Å². The number of aromatic nitrogens is 1. The number of hydrogen-bond acceptors (Lipinski definition) is 4. The second-order valence-corrected chi connectivity index (χ2v) is 3.19. The van der Waals surface area contributed by atoms with Crippen molar-refractivity contribution < 1.29 is 9.53 Å². The first-order chi connectivity index (χ1) is 7.24. The third kappa shape index (κ3) is 4.08. The van der Waals surface area contributed by atoms with Gasteiger partial charge in [0.25, 0.3) is 0 Å². The minimum absolute atomic E-state index is 0.123. The zero-order valence-electron chi connectivity index (χ0n) is 9.06. The normalized spacial score (nSPS) is 12.1.